The van der Waals surface area contributed by atoms with Crippen LogP contribution in [0.3, 0.4) is 0 Å². The maximum atomic E-state index is 10.00. The molecule has 1 aromatic carbocycles. The fourth-order valence-electron chi connectivity index (χ4n) is 1.27. The van der Waals surface area contributed by atoms with E-state index in [1.807, 2.05) is 6.92 Å². The second kappa shape index (κ2) is 6.45. The number of ether oxygens (including phenoxy) is 1. The number of likely N-dealkylation sites (N-methyl/N-ethyl adjacent to an activating group) is 1. The number of rotatable bonds is 6. The van der Waals surface area contributed by atoms with Gasteiger partial charge in [0.15, 0.2) is 0 Å². The van der Waals surface area contributed by atoms with Crippen LogP contribution in [0.5, 0.6) is 5.75 Å². The van der Waals surface area contributed by atoms with Crippen molar-refractivity contribution in [3.63, 3.8) is 0 Å². The molecule has 1 aromatic rings. The van der Waals surface area contributed by atoms with Crippen molar-refractivity contribution >= 4 is 23.2 Å². The van der Waals surface area contributed by atoms with Gasteiger partial charge in [-0.2, -0.15) is 0 Å². The number of hydrogen-bond acceptors (Lipinski definition) is 3. The Morgan fingerprint density at radius 1 is 1.41 bits per heavy atom. The van der Waals surface area contributed by atoms with E-state index in [-0.39, 0.29) is 6.61 Å². The molecule has 1 atom stereocenters. The Labute approximate surface area is 112 Å². The molecule has 0 aromatic heterocycles. The summed E-state index contributed by atoms with van der Waals surface area (Å²) in [5, 5.41) is 14.1. The van der Waals surface area contributed by atoms with E-state index in [0.717, 1.165) is 6.54 Å². The lowest BCUT2D eigenvalue weighted by Crippen LogP contribution is -2.42. The molecule has 17 heavy (non-hydrogen) atoms. The molecule has 0 spiro atoms. The summed E-state index contributed by atoms with van der Waals surface area (Å²) in [5.41, 5.74) is -0.932. The maximum Gasteiger partial charge on any atom is 0.138 e. The highest BCUT2D eigenvalue weighted by Crippen LogP contribution is 2.28. The quantitative estimate of drug-likeness (QED) is 0.840. The highest BCUT2D eigenvalue weighted by Gasteiger charge is 2.21. The van der Waals surface area contributed by atoms with Crippen molar-refractivity contribution in [2.45, 2.75) is 19.4 Å². The minimum absolute atomic E-state index is 0.168. The van der Waals surface area contributed by atoms with Gasteiger partial charge in [0.2, 0.25) is 0 Å². The van der Waals surface area contributed by atoms with Crippen LogP contribution in [0.1, 0.15) is 13.8 Å². The first-order valence-electron chi connectivity index (χ1n) is 5.45. The fourth-order valence-corrected chi connectivity index (χ4v) is 1.73. The van der Waals surface area contributed by atoms with Gasteiger partial charge in [0, 0.05) is 11.6 Å². The van der Waals surface area contributed by atoms with Crippen LogP contribution in [0.4, 0.5) is 0 Å². The van der Waals surface area contributed by atoms with Crippen molar-refractivity contribution in [3.05, 3.63) is 28.2 Å². The zero-order chi connectivity index (χ0) is 12.9. The molecular weight excluding hydrogens is 261 g/mol. The van der Waals surface area contributed by atoms with Crippen molar-refractivity contribution in [3.8, 4) is 5.75 Å². The monoisotopic (exact) mass is 277 g/mol. The number of halogens is 2. The van der Waals surface area contributed by atoms with E-state index in [9.17, 15) is 5.11 Å². The molecule has 0 radical (unpaired) electrons. The topological polar surface area (TPSA) is 41.5 Å². The van der Waals surface area contributed by atoms with Crippen molar-refractivity contribution in [2.75, 3.05) is 19.7 Å². The average molecular weight is 278 g/mol. The number of hydrogen-bond donors (Lipinski definition) is 2. The molecule has 0 saturated heterocycles. The third-order valence-electron chi connectivity index (χ3n) is 2.19. The lowest BCUT2D eigenvalue weighted by atomic mass is 10.1. The maximum absolute atomic E-state index is 10.00. The van der Waals surface area contributed by atoms with Crippen LogP contribution in [0, 0.1) is 0 Å². The van der Waals surface area contributed by atoms with Crippen LogP contribution < -0.4 is 10.1 Å². The van der Waals surface area contributed by atoms with Crippen molar-refractivity contribution in [1.82, 2.24) is 5.32 Å². The SMILES string of the molecule is CCNCC(C)(O)COc1ccc(Cl)cc1Cl. The molecule has 0 heterocycles. The standard InChI is InChI=1S/C12H17Cl2NO2/c1-3-15-7-12(2,16)8-17-11-5-4-9(13)6-10(11)14/h4-6,15-16H,3,7-8H2,1-2H3. The van der Waals surface area contributed by atoms with E-state index in [0.29, 0.717) is 22.3 Å². The summed E-state index contributed by atoms with van der Waals surface area (Å²) >= 11 is 11.7. The Morgan fingerprint density at radius 2 is 2.12 bits per heavy atom. The van der Waals surface area contributed by atoms with Crippen molar-refractivity contribution < 1.29 is 9.84 Å². The molecule has 1 rings (SSSR count). The van der Waals surface area contributed by atoms with Gasteiger partial charge in [-0.05, 0) is 31.7 Å². The van der Waals surface area contributed by atoms with Gasteiger partial charge in [-0.15, -0.1) is 0 Å². The molecule has 96 valence electrons. The summed E-state index contributed by atoms with van der Waals surface area (Å²) in [6.07, 6.45) is 0. The molecule has 0 aliphatic carbocycles. The molecule has 0 aliphatic heterocycles. The summed E-state index contributed by atoms with van der Waals surface area (Å²) < 4.78 is 5.47. The van der Waals surface area contributed by atoms with E-state index in [1.165, 1.54) is 0 Å². The Kier molecular flexibility index (Phi) is 5.53. The van der Waals surface area contributed by atoms with Gasteiger partial charge in [-0.25, -0.2) is 0 Å². The normalized spacial score (nSPS) is 14.4. The Balaban J connectivity index is 2.54. The third kappa shape index (κ3) is 5.13. The lowest BCUT2D eigenvalue weighted by Gasteiger charge is -2.23. The summed E-state index contributed by atoms with van der Waals surface area (Å²) in [6, 6.07) is 4.99. The predicted molar refractivity (Wildman–Crippen MR) is 71.1 cm³/mol. The van der Waals surface area contributed by atoms with Crippen LogP contribution in [0.2, 0.25) is 10.0 Å². The third-order valence-corrected chi connectivity index (χ3v) is 2.72. The van der Waals surface area contributed by atoms with Gasteiger partial charge >= 0.3 is 0 Å². The Bertz CT molecular complexity index is 370. The second-order valence-corrected chi connectivity index (χ2v) is 4.98. The smallest absolute Gasteiger partial charge is 0.138 e. The second-order valence-electron chi connectivity index (χ2n) is 4.14. The molecule has 0 aliphatic rings. The predicted octanol–water partition coefficient (Wildman–Crippen LogP) is 2.73. The van der Waals surface area contributed by atoms with E-state index >= 15 is 0 Å². The van der Waals surface area contributed by atoms with Crippen LogP contribution >= 0.6 is 23.2 Å². The molecule has 0 fully saturated rings. The number of aliphatic hydroxyl groups is 1. The Hall–Kier alpha value is -0.480. The van der Waals surface area contributed by atoms with Crippen LogP contribution in [-0.2, 0) is 0 Å². The minimum atomic E-state index is -0.932. The summed E-state index contributed by atoms with van der Waals surface area (Å²) in [6.45, 7) is 5.13. The highest BCUT2D eigenvalue weighted by molar-refractivity contribution is 6.35. The largest absolute Gasteiger partial charge is 0.489 e. The van der Waals surface area contributed by atoms with E-state index in [2.05, 4.69) is 5.32 Å². The van der Waals surface area contributed by atoms with Crippen LogP contribution in [0.15, 0.2) is 18.2 Å². The number of nitrogens with one attached hydrogen (secondary N) is 1. The molecule has 0 bridgehead atoms. The molecule has 0 amide bonds. The summed E-state index contributed by atoms with van der Waals surface area (Å²) in [7, 11) is 0. The first-order chi connectivity index (χ1) is 7.94. The van der Waals surface area contributed by atoms with Gasteiger partial charge < -0.3 is 15.2 Å². The minimum Gasteiger partial charge on any atom is -0.489 e. The van der Waals surface area contributed by atoms with Crippen molar-refractivity contribution in [1.29, 1.82) is 0 Å². The first kappa shape index (κ1) is 14.6. The van der Waals surface area contributed by atoms with Gasteiger partial charge in [-0.1, -0.05) is 30.1 Å². The zero-order valence-electron chi connectivity index (χ0n) is 9.96. The molecule has 0 saturated carbocycles. The summed E-state index contributed by atoms with van der Waals surface area (Å²) in [4.78, 5) is 0. The van der Waals surface area contributed by atoms with E-state index in [4.69, 9.17) is 27.9 Å². The molecule has 5 heteroatoms. The zero-order valence-corrected chi connectivity index (χ0v) is 11.5. The van der Waals surface area contributed by atoms with E-state index < -0.39 is 5.60 Å². The van der Waals surface area contributed by atoms with E-state index in [1.54, 1.807) is 25.1 Å². The molecule has 3 nitrogen and oxygen atoms in total. The van der Waals surface area contributed by atoms with Crippen LogP contribution in [-0.4, -0.2) is 30.4 Å². The van der Waals surface area contributed by atoms with Crippen molar-refractivity contribution in [2.24, 2.45) is 0 Å². The van der Waals surface area contributed by atoms with Crippen LogP contribution in [0.25, 0.3) is 0 Å². The fraction of sp³-hybridized carbons (Fsp3) is 0.500. The highest BCUT2D eigenvalue weighted by atomic mass is 35.5. The molecule has 2 N–H and O–H groups in total. The van der Waals surface area contributed by atoms with Gasteiger partial charge in [0.25, 0.3) is 0 Å². The Morgan fingerprint density at radius 3 is 2.71 bits per heavy atom. The van der Waals surface area contributed by atoms with Gasteiger partial charge in [0.05, 0.1) is 5.02 Å². The first-order valence-corrected chi connectivity index (χ1v) is 6.21. The van der Waals surface area contributed by atoms with Gasteiger partial charge in [-0.3, -0.25) is 0 Å². The molecular formula is C12H17Cl2NO2. The number of benzene rings is 1. The molecule has 1 unspecified atom stereocenters. The summed E-state index contributed by atoms with van der Waals surface area (Å²) in [5.74, 6) is 0.521. The van der Waals surface area contributed by atoms with Gasteiger partial charge in [0.1, 0.15) is 18.0 Å². The average Bonchev–Trinajstić information content (AvgIpc) is 2.25. The lowest BCUT2D eigenvalue weighted by molar-refractivity contribution is 0.0128.